The average molecular weight is 558 g/mol. The van der Waals surface area contributed by atoms with Crippen LogP contribution in [0.25, 0.3) is 0 Å². The molecule has 0 aromatic heterocycles. The first-order chi connectivity index (χ1) is 18.2. The van der Waals surface area contributed by atoms with Crippen LogP contribution in [-0.4, -0.2) is 51.4 Å². The van der Waals surface area contributed by atoms with Crippen LogP contribution in [0.5, 0.6) is 5.75 Å². The molecular formula is C28H32ClN3O5S. The van der Waals surface area contributed by atoms with Crippen molar-refractivity contribution < 1.29 is 22.7 Å². The second kappa shape index (κ2) is 13.3. The normalized spacial score (nSPS) is 11.9. The van der Waals surface area contributed by atoms with Gasteiger partial charge in [0.05, 0.1) is 17.7 Å². The number of nitrogens with one attached hydrogen (secondary N) is 1. The number of carbonyl (C=O) groups excluding carboxylic acids is 2. The number of halogens is 1. The largest absolute Gasteiger partial charge is 0.497 e. The zero-order chi connectivity index (χ0) is 27.7. The van der Waals surface area contributed by atoms with Gasteiger partial charge >= 0.3 is 0 Å². The van der Waals surface area contributed by atoms with E-state index in [9.17, 15) is 18.0 Å². The van der Waals surface area contributed by atoms with Crippen LogP contribution >= 0.6 is 11.6 Å². The van der Waals surface area contributed by atoms with E-state index in [2.05, 4.69) is 5.32 Å². The van der Waals surface area contributed by atoms with Gasteiger partial charge in [-0.2, -0.15) is 0 Å². The highest BCUT2D eigenvalue weighted by atomic mass is 35.5. The van der Waals surface area contributed by atoms with Gasteiger partial charge in [-0.25, -0.2) is 8.42 Å². The van der Waals surface area contributed by atoms with E-state index in [-0.39, 0.29) is 17.3 Å². The van der Waals surface area contributed by atoms with E-state index in [1.165, 1.54) is 24.1 Å². The van der Waals surface area contributed by atoms with Crippen molar-refractivity contribution in [1.29, 1.82) is 0 Å². The van der Waals surface area contributed by atoms with Gasteiger partial charge < -0.3 is 15.0 Å². The Labute approximate surface area is 229 Å². The number of likely N-dealkylation sites (N-methyl/N-ethyl adjacent to an activating group) is 1. The second-order valence-corrected chi connectivity index (χ2v) is 10.8. The van der Waals surface area contributed by atoms with Crippen LogP contribution in [0.3, 0.4) is 0 Å². The van der Waals surface area contributed by atoms with E-state index in [4.69, 9.17) is 16.3 Å². The number of methoxy groups -OCH3 is 1. The Kier molecular flexibility index (Phi) is 10.2. The lowest BCUT2D eigenvalue weighted by Gasteiger charge is -2.33. The Bertz CT molecular complexity index is 1320. The zero-order valence-corrected chi connectivity index (χ0v) is 23.2. The van der Waals surface area contributed by atoms with Crippen LogP contribution in [0.15, 0.2) is 83.8 Å². The maximum Gasteiger partial charge on any atom is 0.264 e. The van der Waals surface area contributed by atoms with Gasteiger partial charge in [0.25, 0.3) is 10.0 Å². The first-order valence-corrected chi connectivity index (χ1v) is 14.1. The standard InChI is InChI=1S/C28H32ClN3O5S/c1-4-26(28(34)30-5-2)31(19-21-11-13-22(29)14-12-21)27(33)20-32(23-9-7-6-8-10-23)38(35,36)25-17-15-24(37-3)16-18-25/h6-18,26H,4-5,19-20H2,1-3H3,(H,30,34)/t26-/m1/s1. The van der Waals surface area contributed by atoms with Crippen LogP contribution < -0.4 is 14.4 Å². The van der Waals surface area contributed by atoms with Gasteiger partial charge in [-0.05, 0) is 67.4 Å². The number of hydrogen-bond donors (Lipinski definition) is 1. The minimum Gasteiger partial charge on any atom is -0.497 e. The third-order valence-electron chi connectivity index (χ3n) is 5.97. The van der Waals surface area contributed by atoms with Gasteiger partial charge in [-0.15, -0.1) is 0 Å². The highest BCUT2D eigenvalue weighted by Gasteiger charge is 2.33. The van der Waals surface area contributed by atoms with Crippen molar-refractivity contribution in [3.8, 4) is 5.75 Å². The number of ether oxygens (including phenoxy) is 1. The Balaban J connectivity index is 2.02. The van der Waals surface area contributed by atoms with Crippen molar-refractivity contribution in [3.63, 3.8) is 0 Å². The number of rotatable bonds is 12. The number of sulfonamides is 1. The summed E-state index contributed by atoms with van der Waals surface area (Å²) in [5.74, 6) is -0.311. The topological polar surface area (TPSA) is 96.0 Å². The van der Waals surface area contributed by atoms with Gasteiger partial charge in [0.15, 0.2) is 0 Å². The minimum absolute atomic E-state index is 0.00923. The lowest BCUT2D eigenvalue weighted by molar-refractivity contribution is -0.140. The predicted molar refractivity (Wildman–Crippen MR) is 149 cm³/mol. The Morgan fingerprint density at radius 2 is 1.58 bits per heavy atom. The molecular weight excluding hydrogens is 526 g/mol. The summed E-state index contributed by atoms with van der Waals surface area (Å²) in [6.45, 7) is 3.62. The van der Waals surface area contributed by atoms with Crippen LogP contribution in [0.2, 0.25) is 5.02 Å². The van der Waals surface area contributed by atoms with E-state index in [0.717, 1.165) is 9.87 Å². The molecule has 0 aliphatic rings. The smallest absolute Gasteiger partial charge is 0.264 e. The molecule has 0 bridgehead atoms. The molecule has 1 N–H and O–H groups in total. The van der Waals surface area contributed by atoms with Crippen molar-refractivity contribution in [2.75, 3.05) is 24.5 Å². The van der Waals surface area contributed by atoms with E-state index in [1.54, 1.807) is 73.7 Å². The van der Waals surface area contributed by atoms with E-state index in [1.807, 2.05) is 6.92 Å². The maximum absolute atomic E-state index is 13.9. The molecule has 0 unspecified atom stereocenters. The number of benzene rings is 3. The summed E-state index contributed by atoms with van der Waals surface area (Å²) in [5, 5.41) is 3.33. The fraction of sp³-hybridized carbons (Fsp3) is 0.286. The van der Waals surface area contributed by atoms with Gasteiger partial charge in [-0.3, -0.25) is 13.9 Å². The number of para-hydroxylation sites is 1. The molecule has 3 aromatic rings. The molecule has 38 heavy (non-hydrogen) atoms. The molecule has 0 fully saturated rings. The van der Waals surface area contributed by atoms with Crippen molar-refractivity contribution in [2.45, 2.75) is 37.8 Å². The zero-order valence-electron chi connectivity index (χ0n) is 21.6. The molecule has 0 saturated heterocycles. The molecule has 10 heteroatoms. The van der Waals surface area contributed by atoms with Crippen molar-refractivity contribution in [3.05, 3.63) is 89.4 Å². The van der Waals surface area contributed by atoms with E-state index >= 15 is 0 Å². The molecule has 0 saturated carbocycles. The average Bonchev–Trinajstić information content (AvgIpc) is 2.93. The molecule has 3 rings (SSSR count). The summed E-state index contributed by atoms with van der Waals surface area (Å²) >= 11 is 6.03. The van der Waals surface area contributed by atoms with E-state index < -0.39 is 28.5 Å². The van der Waals surface area contributed by atoms with Crippen molar-refractivity contribution in [2.24, 2.45) is 0 Å². The highest BCUT2D eigenvalue weighted by Crippen LogP contribution is 2.26. The molecule has 202 valence electrons. The number of amides is 2. The third-order valence-corrected chi connectivity index (χ3v) is 8.01. The fourth-order valence-electron chi connectivity index (χ4n) is 4.00. The summed E-state index contributed by atoms with van der Waals surface area (Å²) in [6, 6.07) is 20.5. The fourth-order valence-corrected chi connectivity index (χ4v) is 5.54. The first-order valence-electron chi connectivity index (χ1n) is 12.2. The summed E-state index contributed by atoms with van der Waals surface area (Å²) < 4.78 is 33.8. The lowest BCUT2D eigenvalue weighted by atomic mass is 10.1. The molecule has 0 aliphatic carbocycles. The number of nitrogens with zero attached hydrogens (tertiary/aromatic N) is 2. The van der Waals surface area contributed by atoms with Crippen molar-refractivity contribution in [1.82, 2.24) is 10.2 Å². The van der Waals surface area contributed by atoms with Crippen LogP contribution in [0.1, 0.15) is 25.8 Å². The van der Waals surface area contributed by atoms with Crippen LogP contribution in [0, 0.1) is 0 Å². The molecule has 0 aliphatic heterocycles. The number of anilines is 1. The molecule has 0 radical (unpaired) electrons. The number of hydrogen-bond acceptors (Lipinski definition) is 5. The Hall–Kier alpha value is -3.56. The SMILES string of the molecule is CCNC(=O)[C@@H](CC)N(Cc1ccc(Cl)cc1)C(=O)CN(c1ccccc1)S(=O)(=O)c1ccc(OC)cc1. The van der Waals surface area contributed by atoms with Gasteiger partial charge in [-0.1, -0.05) is 48.9 Å². The molecule has 1 atom stereocenters. The molecule has 0 spiro atoms. The number of carbonyl (C=O) groups is 2. The predicted octanol–water partition coefficient (Wildman–Crippen LogP) is 4.49. The maximum atomic E-state index is 13.9. The molecule has 2 amide bonds. The molecule has 8 nitrogen and oxygen atoms in total. The third kappa shape index (κ3) is 7.05. The summed E-state index contributed by atoms with van der Waals surface area (Å²) in [5.41, 5.74) is 1.09. The van der Waals surface area contributed by atoms with Gasteiger partial charge in [0, 0.05) is 18.1 Å². The minimum atomic E-state index is -4.14. The van der Waals surface area contributed by atoms with Gasteiger partial charge in [0.1, 0.15) is 18.3 Å². The van der Waals surface area contributed by atoms with E-state index in [0.29, 0.717) is 29.4 Å². The Morgan fingerprint density at radius 3 is 2.13 bits per heavy atom. The van der Waals surface area contributed by atoms with Crippen LogP contribution in [0.4, 0.5) is 5.69 Å². The molecule has 0 heterocycles. The monoisotopic (exact) mass is 557 g/mol. The Morgan fingerprint density at radius 1 is 0.947 bits per heavy atom. The second-order valence-electron chi connectivity index (χ2n) is 8.49. The van der Waals surface area contributed by atoms with Gasteiger partial charge in [0.2, 0.25) is 11.8 Å². The molecule has 3 aromatic carbocycles. The highest BCUT2D eigenvalue weighted by molar-refractivity contribution is 7.92. The van der Waals surface area contributed by atoms with Crippen molar-refractivity contribution >= 4 is 39.1 Å². The summed E-state index contributed by atoms with van der Waals surface area (Å²) in [4.78, 5) is 28.2. The summed E-state index contributed by atoms with van der Waals surface area (Å²) in [7, 11) is -2.64. The summed E-state index contributed by atoms with van der Waals surface area (Å²) in [6.07, 6.45) is 0.349. The lowest BCUT2D eigenvalue weighted by Crippen LogP contribution is -2.52. The van der Waals surface area contributed by atoms with Crippen LogP contribution in [-0.2, 0) is 26.2 Å². The first kappa shape index (κ1) is 29.0. The quantitative estimate of drug-likeness (QED) is 0.354.